The molecule has 8 atom stereocenters. The van der Waals surface area contributed by atoms with Crippen LogP contribution in [-0.4, -0.2) is 16.9 Å². The molecule has 5 heteroatoms. The van der Waals surface area contributed by atoms with Gasteiger partial charge in [-0.2, -0.15) is 13.2 Å². The number of aliphatic hydroxyl groups is 1. The predicted molar refractivity (Wildman–Crippen MR) is 119 cm³/mol. The van der Waals surface area contributed by atoms with Gasteiger partial charge in [-0.15, -0.1) is 13.2 Å². The maximum Gasteiger partial charge on any atom is 0.417 e. The molecule has 0 heterocycles. The Morgan fingerprint density at radius 1 is 0.969 bits per heavy atom. The third kappa shape index (κ3) is 3.05. The summed E-state index contributed by atoms with van der Waals surface area (Å²) in [6.45, 7) is 21.3. The van der Waals surface area contributed by atoms with Crippen LogP contribution in [0.1, 0.15) is 71.6 Å². The number of rotatable bonds is 3. The van der Waals surface area contributed by atoms with Gasteiger partial charge in [0.25, 0.3) is 0 Å². The minimum atomic E-state index is -4.58. The van der Waals surface area contributed by atoms with Gasteiger partial charge < -0.3 is 5.11 Å². The van der Waals surface area contributed by atoms with Crippen molar-refractivity contribution in [1.29, 1.82) is 0 Å². The fourth-order valence-electron chi connectivity index (χ4n) is 9.39. The van der Waals surface area contributed by atoms with Gasteiger partial charge in [0.1, 0.15) is 0 Å². The summed E-state index contributed by atoms with van der Waals surface area (Å²) in [6, 6.07) is 0. The smallest absolute Gasteiger partial charge is 0.380 e. The molecule has 0 amide bonds. The van der Waals surface area contributed by atoms with Crippen LogP contribution in [0.3, 0.4) is 0 Å². The molecule has 183 valence electrons. The van der Waals surface area contributed by atoms with Crippen LogP contribution in [0.15, 0.2) is 37.5 Å². The Balaban J connectivity index is 0.00000289. The van der Waals surface area contributed by atoms with Crippen molar-refractivity contribution in [3.63, 3.8) is 0 Å². The topological polar surface area (TPSA) is 20.2 Å². The van der Waals surface area contributed by atoms with E-state index in [4.69, 9.17) is 0 Å². The molecule has 0 aromatic heterocycles. The minimum absolute atomic E-state index is 0. The number of hydrogen-bond acceptors (Lipinski definition) is 1. The molecule has 0 saturated heterocycles. The van der Waals surface area contributed by atoms with Crippen LogP contribution >= 0.6 is 0 Å². The Bertz CT molecular complexity index is 807. The SMILES string of the molecule is C=C[C@]12CC[C@]3(C)[C@@H](C(=C)[CH2-])CC[C@@]3(C=C)[C@@H]1CC[C@]1(C)C[C@@](O)(C(F)(F)F)CC[C@@H]12.[Rh]. The zero-order chi connectivity index (χ0) is 23.1. The summed E-state index contributed by atoms with van der Waals surface area (Å²) in [7, 11) is 0. The zero-order valence-electron chi connectivity index (χ0n) is 19.5. The predicted octanol–water partition coefficient (Wildman–Crippen LogP) is 7.44. The number of alkyl halides is 3. The maximum atomic E-state index is 13.7. The van der Waals surface area contributed by atoms with Crippen molar-refractivity contribution in [3.05, 3.63) is 44.4 Å². The molecule has 32 heavy (non-hydrogen) atoms. The van der Waals surface area contributed by atoms with Gasteiger partial charge in [-0.25, -0.2) is 19.1 Å². The number of hydrogen-bond donors (Lipinski definition) is 1. The first-order valence-electron chi connectivity index (χ1n) is 11.8. The molecule has 0 aliphatic heterocycles. The summed E-state index contributed by atoms with van der Waals surface area (Å²) in [5.74, 6) is 0.763. The van der Waals surface area contributed by atoms with Crippen molar-refractivity contribution < 1.29 is 37.8 Å². The summed E-state index contributed by atoms with van der Waals surface area (Å²) in [5, 5.41) is 10.6. The maximum absolute atomic E-state index is 13.7. The first kappa shape index (κ1) is 26.1. The molecule has 0 aromatic rings. The van der Waals surface area contributed by atoms with Gasteiger partial charge in [0.15, 0.2) is 5.60 Å². The first-order chi connectivity index (χ1) is 14.3. The molecule has 4 fully saturated rings. The van der Waals surface area contributed by atoms with E-state index in [2.05, 4.69) is 45.7 Å². The van der Waals surface area contributed by atoms with E-state index < -0.39 is 17.2 Å². The minimum Gasteiger partial charge on any atom is -0.380 e. The third-order valence-electron chi connectivity index (χ3n) is 10.8. The van der Waals surface area contributed by atoms with Gasteiger partial charge in [0, 0.05) is 19.5 Å². The molecular formula is C27H38F3ORh-. The van der Waals surface area contributed by atoms with Crippen LogP contribution < -0.4 is 0 Å². The standard InChI is InChI=1S/C27H38F3O.Rh/c1-7-24-16-15-23(6)19(18(3)4)9-13-25(23,8-2)21(24)10-12-22(5)17-26(31,27(28,29)30)14-11-20(22)24;/h7-8,19-21,31H,1-4,9-17H2,5-6H3;/q-1;/t19-,20+,21-,22-,23-,24-,25+,26-;/m1./s1. The molecule has 4 aliphatic rings. The Morgan fingerprint density at radius 2 is 1.59 bits per heavy atom. The molecule has 4 saturated carbocycles. The summed E-state index contributed by atoms with van der Waals surface area (Å²) in [6.07, 6.45) is 5.21. The summed E-state index contributed by atoms with van der Waals surface area (Å²) in [5.41, 5.74) is -2.39. The van der Waals surface area contributed by atoms with Gasteiger partial charge in [0.2, 0.25) is 0 Å². The third-order valence-corrected chi connectivity index (χ3v) is 10.8. The Labute approximate surface area is 204 Å². The fourth-order valence-corrected chi connectivity index (χ4v) is 9.39. The van der Waals surface area contributed by atoms with E-state index in [1.54, 1.807) is 0 Å². The van der Waals surface area contributed by atoms with E-state index in [9.17, 15) is 18.3 Å². The molecule has 4 rings (SSSR count). The zero-order valence-corrected chi connectivity index (χ0v) is 21.1. The summed E-state index contributed by atoms with van der Waals surface area (Å²) < 4.78 is 41.2. The molecule has 1 nitrogen and oxygen atoms in total. The molecule has 0 unspecified atom stereocenters. The Kier molecular flexibility index (Phi) is 6.30. The molecule has 0 spiro atoms. The van der Waals surface area contributed by atoms with Crippen molar-refractivity contribution in [2.75, 3.05) is 0 Å². The second kappa shape index (κ2) is 7.74. The summed E-state index contributed by atoms with van der Waals surface area (Å²) >= 11 is 0. The van der Waals surface area contributed by atoms with E-state index in [0.29, 0.717) is 24.7 Å². The second-order valence-corrected chi connectivity index (χ2v) is 11.8. The Morgan fingerprint density at radius 3 is 2.12 bits per heavy atom. The monoisotopic (exact) mass is 538 g/mol. The average Bonchev–Trinajstić information content (AvgIpc) is 2.99. The molecular weight excluding hydrogens is 500 g/mol. The molecule has 1 radical (unpaired) electrons. The van der Waals surface area contributed by atoms with Gasteiger partial charge in [-0.05, 0) is 97.2 Å². The van der Waals surface area contributed by atoms with Crippen molar-refractivity contribution in [2.45, 2.75) is 83.4 Å². The van der Waals surface area contributed by atoms with E-state index >= 15 is 0 Å². The van der Waals surface area contributed by atoms with Crippen LogP contribution in [0, 0.1) is 46.3 Å². The van der Waals surface area contributed by atoms with Crippen LogP contribution in [0.5, 0.6) is 0 Å². The quantitative estimate of drug-likeness (QED) is 0.225. The van der Waals surface area contributed by atoms with E-state index in [1.807, 2.05) is 6.92 Å². The van der Waals surface area contributed by atoms with Crippen molar-refractivity contribution in [1.82, 2.24) is 0 Å². The molecule has 4 aliphatic carbocycles. The molecule has 0 aromatic carbocycles. The number of halogens is 3. The summed E-state index contributed by atoms with van der Waals surface area (Å²) in [4.78, 5) is 0. The van der Waals surface area contributed by atoms with Crippen molar-refractivity contribution in [3.8, 4) is 0 Å². The van der Waals surface area contributed by atoms with Gasteiger partial charge in [-0.1, -0.05) is 26.0 Å². The average molecular weight is 539 g/mol. The first-order valence-corrected chi connectivity index (χ1v) is 11.8. The largest absolute Gasteiger partial charge is 0.417 e. The molecule has 1 N–H and O–H groups in total. The Hall–Kier alpha value is -0.537. The van der Waals surface area contributed by atoms with E-state index in [1.165, 1.54) is 0 Å². The van der Waals surface area contributed by atoms with Crippen LogP contribution in [0.4, 0.5) is 13.2 Å². The van der Waals surface area contributed by atoms with Gasteiger partial charge >= 0.3 is 6.18 Å². The van der Waals surface area contributed by atoms with E-state index in [0.717, 1.165) is 37.7 Å². The van der Waals surface area contributed by atoms with Crippen molar-refractivity contribution in [2.24, 2.45) is 39.4 Å². The van der Waals surface area contributed by atoms with Gasteiger partial charge in [0.05, 0.1) is 0 Å². The second-order valence-electron chi connectivity index (χ2n) is 11.8. The van der Waals surface area contributed by atoms with Crippen LogP contribution in [-0.2, 0) is 19.5 Å². The number of fused-ring (bicyclic) bond motifs is 5. The fraction of sp³-hybridized carbons (Fsp3) is 0.741. The molecule has 0 bridgehead atoms. The van der Waals surface area contributed by atoms with Crippen molar-refractivity contribution >= 4 is 0 Å². The van der Waals surface area contributed by atoms with Gasteiger partial charge in [-0.3, -0.25) is 0 Å². The van der Waals surface area contributed by atoms with Crippen LogP contribution in [0.2, 0.25) is 0 Å². The van der Waals surface area contributed by atoms with Crippen LogP contribution in [0.25, 0.3) is 0 Å². The number of allylic oxidation sites excluding steroid dienone is 3. The normalized spacial score (nSPS) is 50.2. The van der Waals surface area contributed by atoms with E-state index in [-0.39, 0.29) is 54.5 Å².